The fourth-order valence-corrected chi connectivity index (χ4v) is 4.16. The first-order valence-corrected chi connectivity index (χ1v) is 10.8. The van der Waals surface area contributed by atoms with Crippen molar-refractivity contribution in [3.05, 3.63) is 35.9 Å². The predicted molar refractivity (Wildman–Crippen MR) is 110 cm³/mol. The van der Waals surface area contributed by atoms with E-state index in [1.54, 1.807) is 6.92 Å². The van der Waals surface area contributed by atoms with Crippen molar-refractivity contribution in [3.63, 3.8) is 0 Å². The van der Waals surface area contributed by atoms with Crippen LogP contribution in [0.2, 0.25) is 0 Å². The highest BCUT2D eigenvalue weighted by Gasteiger charge is 2.48. The van der Waals surface area contributed by atoms with Crippen LogP contribution in [-0.2, 0) is 16.0 Å². The van der Waals surface area contributed by atoms with Crippen molar-refractivity contribution in [2.45, 2.75) is 76.3 Å². The minimum absolute atomic E-state index is 0.225. The Morgan fingerprint density at radius 1 is 1.14 bits per heavy atom. The zero-order chi connectivity index (χ0) is 20.7. The van der Waals surface area contributed by atoms with Gasteiger partial charge in [0.15, 0.2) is 6.54 Å². The zero-order valence-electron chi connectivity index (χ0n) is 17.3. The van der Waals surface area contributed by atoms with Crippen molar-refractivity contribution in [2.75, 3.05) is 6.54 Å². The van der Waals surface area contributed by atoms with Crippen molar-refractivity contribution >= 4 is 17.8 Å². The van der Waals surface area contributed by atoms with E-state index in [9.17, 15) is 14.4 Å². The topological polar surface area (TPSA) is 95.1 Å². The smallest absolute Gasteiger partial charge is 0.336 e. The number of nitrogens with two attached hydrogens (primary N) is 1. The summed E-state index contributed by atoms with van der Waals surface area (Å²) in [4.78, 5) is 37.5. The zero-order valence-corrected chi connectivity index (χ0v) is 17.3. The van der Waals surface area contributed by atoms with Crippen molar-refractivity contribution in [1.29, 1.82) is 0 Å². The van der Waals surface area contributed by atoms with E-state index in [-0.39, 0.29) is 12.5 Å². The van der Waals surface area contributed by atoms with Crippen molar-refractivity contribution in [2.24, 2.45) is 0 Å². The molecule has 0 unspecified atom stereocenters. The molecule has 0 spiro atoms. The number of hydrazine groups is 1. The Bertz CT molecular complexity index is 716. The Hall–Kier alpha value is -2.41. The van der Waals surface area contributed by atoms with Gasteiger partial charge in [-0.25, -0.2) is 4.79 Å². The summed E-state index contributed by atoms with van der Waals surface area (Å²) in [5, 5.41) is 5.63. The van der Waals surface area contributed by atoms with Crippen molar-refractivity contribution in [1.82, 2.24) is 15.8 Å². The van der Waals surface area contributed by atoms with Gasteiger partial charge in [0.25, 0.3) is 11.8 Å². The molecular weight excluding hydrogens is 368 g/mol. The molecule has 4 N–H and O–H groups in total. The molecule has 1 saturated heterocycles. The first-order valence-electron chi connectivity index (χ1n) is 10.8. The third-order valence-corrected chi connectivity index (χ3v) is 6.04. The predicted octanol–water partition coefficient (Wildman–Crippen LogP) is 1.64. The molecule has 2 fully saturated rings. The molecule has 1 aromatic rings. The van der Waals surface area contributed by atoms with Crippen LogP contribution in [0.1, 0.15) is 63.9 Å². The monoisotopic (exact) mass is 401 g/mol. The number of imide groups is 1. The van der Waals surface area contributed by atoms with Crippen LogP contribution in [0.3, 0.4) is 0 Å². The van der Waals surface area contributed by atoms with Gasteiger partial charge in [0, 0.05) is 0 Å². The lowest BCUT2D eigenvalue weighted by molar-refractivity contribution is -0.681. The van der Waals surface area contributed by atoms with Crippen LogP contribution in [0.25, 0.3) is 0 Å². The van der Waals surface area contributed by atoms with Crippen LogP contribution < -0.4 is 16.1 Å². The summed E-state index contributed by atoms with van der Waals surface area (Å²) in [6.45, 7) is 1.94. The molecule has 4 amide bonds. The third kappa shape index (κ3) is 5.79. The van der Waals surface area contributed by atoms with Gasteiger partial charge >= 0.3 is 6.03 Å². The number of urea groups is 1. The molecule has 7 nitrogen and oxygen atoms in total. The number of benzene rings is 1. The number of hydrogen-bond acceptors (Lipinski definition) is 3. The number of rotatable bonds is 7. The molecule has 3 rings (SSSR count). The van der Waals surface area contributed by atoms with E-state index < -0.39 is 17.5 Å². The standard InChI is InChI=1S/C22H32N4O3/c1-22(15-14-17-10-6-5-7-11-17)20(28)26(21(29)24-22)25-19(27)16-23-18-12-8-3-2-4-9-13-18/h5-7,10-11,18,23H,2-4,8-9,12-16H2,1H3,(H,24,29)(H,25,27)/p+1/t22-/m0/s1. The average Bonchev–Trinajstić information content (AvgIpc) is 2.90. The second kappa shape index (κ2) is 9.87. The molecular formula is C22H33N4O3+. The Labute approximate surface area is 172 Å². The Balaban J connectivity index is 1.49. The molecule has 1 aliphatic carbocycles. The first kappa shape index (κ1) is 21.3. The van der Waals surface area contributed by atoms with E-state index in [4.69, 9.17) is 0 Å². The summed E-state index contributed by atoms with van der Waals surface area (Å²) in [7, 11) is 0. The SMILES string of the molecule is C[C@@]1(CCc2ccccc2)NC(=O)N(NC(=O)C[NH2+]C2CCCCCCC2)C1=O. The third-order valence-electron chi connectivity index (χ3n) is 6.04. The molecule has 1 aromatic carbocycles. The molecule has 2 aliphatic rings. The van der Waals surface area contributed by atoms with Crippen molar-refractivity contribution in [3.8, 4) is 0 Å². The number of quaternary nitrogens is 1. The molecule has 0 bridgehead atoms. The maximum atomic E-state index is 12.8. The molecule has 1 saturated carbocycles. The van der Waals surface area contributed by atoms with Gasteiger partial charge in [0.05, 0.1) is 6.04 Å². The highest BCUT2D eigenvalue weighted by molar-refractivity contribution is 6.07. The van der Waals surface area contributed by atoms with Crippen LogP contribution in [0.5, 0.6) is 0 Å². The Morgan fingerprint density at radius 2 is 1.79 bits per heavy atom. The van der Waals surface area contributed by atoms with Gasteiger partial charge in [0.1, 0.15) is 5.54 Å². The molecule has 158 valence electrons. The minimum Gasteiger partial charge on any atom is -0.336 e. The van der Waals surface area contributed by atoms with Gasteiger partial charge in [-0.3, -0.25) is 15.0 Å². The molecule has 1 aliphatic heterocycles. The number of aryl methyl sites for hydroxylation is 1. The van der Waals surface area contributed by atoms with Crippen molar-refractivity contribution < 1.29 is 19.7 Å². The summed E-state index contributed by atoms with van der Waals surface area (Å²) < 4.78 is 0. The fraction of sp³-hybridized carbons (Fsp3) is 0.591. The summed E-state index contributed by atoms with van der Waals surface area (Å²) in [5.41, 5.74) is 2.59. The molecule has 0 radical (unpaired) electrons. The van der Waals surface area contributed by atoms with E-state index in [2.05, 4.69) is 10.7 Å². The molecule has 0 aromatic heterocycles. The highest BCUT2D eigenvalue weighted by atomic mass is 16.2. The molecule has 1 heterocycles. The number of nitrogens with zero attached hydrogens (tertiary/aromatic N) is 1. The lowest BCUT2D eigenvalue weighted by Gasteiger charge is -2.22. The second-order valence-electron chi connectivity index (χ2n) is 8.47. The minimum atomic E-state index is -1.01. The average molecular weight is 402 g/mol. The summed E-state index contributed by atoms with van der Waals surface area (Å²) >= 11 is 0. The fourth-order valence-electron chi connectivity index (χ4n) is 4.16. The summed E-state index contributed by atoms with van der Waals surface area (Å²) in [5.74, 6) is -0.722. The Kier molecular flexibility index (Phi) is 7.25. The van der Waals surface area contributed by atoms with Gasteiger partial charge < -0.3 is 10.6 Å². The number of carbonyl (C=O) groups is 3. The van der Waals surface area contributed by atoms with Crippen LogP contribution in [0.15, 0.2) is 30.3 Å². The van der Waals surface area contributed by atoms with Crippen LogP contribution in [-0.4, -0.2) is 41.0 Å². The van der Waals surface area contributed by atoms with Crippen LogP contribution in [0, 0.1) is 0 Å². The maximum Gasteiger partial charge on any atom is 0.344 e. The number of hydrogen-bond donors (Lipinski definition) is 3. The van der Waals surface area contributed by atoms with Crippen LogP contribution in [0.4, 0.5) is 4.79 Å². The number of nitrogens with one attached hydrogen (secondary N) is 2. The van der Waals surface area contributed by atoms with Crippen LogP contribution >= 0.6 is 0 Å². The van der Waals surface area contributed by atoms with E-state index in [1.807, 2.05) is 35.6 Å². The molecule has 29 heavy (non-hydrogen) atoms. The lowest BCUT2D eigenvalue weighted by Crippen LogP contribution is -2.92. The van der Waals surface area contributed by atoms with E-state index >= 15 is 0 Å². The van der Waals surface area contributed by atoms with Gasteiger partial charge in [-0.2, -0.15) is 5.01 Å². The van der Waals surface area contributed by atoms with Gasteiger partial charge in [-0.1, -0.05) is 49.6 Å². The van der Waals surface area contributed by atoms with Gasteiger partial charge in [0.2, 0.25) is 0 Å². The van der Waals surface area contributed by atoms with E-state index in [0.29, 0.717) is 18.9 Å². The summed E-state index contributed by atoms with van der Waals surface area (Å²) in [6.07, 6.45) is 9.62. The quantitative estimate of drug-likeness (QED) is 0.606. The normalized spacial score (nSPS) is 23.4. The van der Waals surface area contributed by atoms with E-state index in [0.717, 1.165) is 23.4 Å². The van der Waals surface area contributed by atoms with Gasteiger partial charge in [-0.05, 0) is 51.0 Å². The number of amides is 4. The molecule has 7 heteroatoms. The largest absolute Gasteiger partial charge is 0.344 e. The lowest BCUT2D eigenvalue weighted by atomic mass is 9.93. The highest BCUT2D eigenvalue weighted by Crippen LogP contribution is 2.22. The Morgan fingerprint density at radius 3 is 2.48 bits per heavy atom. The molecule has 1 atom stereocenters. The first-order chi connectivity index (χ1) is 14.0. The number of carbonyl (C=O) groups excluding carboxylic acids is 3. The van der Waals surface area contributed by atoms with Gasteiger partial charge in [-0.15, -0.1) is 0 Å². The van der Waals surface area contributed by atoms with E-state index in [1.165, 1.54) is 32.1 Å². The maximum absolute atomic E-state index is 12.8. The summed E-state index contributed by atoms with van der Waals surface area (Å²) in [6, 6.07) is 9.71. The second-order valence-corrected chi connectivity index (χ2v) is 8.47.